The topological polar surface area (TPSA) is 54.6 Å². The molecule has 0 radical (unpaired) electrons. The van der Waals surface area contributed by atoms with Crippen LogP contribution in [0, 0.1) is 23.7 Å². The van der Waals surface area contributed by atoms with Crippen LogP contribution in [-0.2, 0) is 12.8 Å². The van der Waals surface area contributed by atoms with Crippen LogP contribution in [-0.4, -0.2) is 19.4 Å². The summed E-state index contributed by atoms with van der Waals surface area (Å²) in [5.41, 5.74) is 2.65. The molecule has 0 bridgehead atoms. The van der Waals surface area contributed by atoms with Crippen LogP contribution >= 0.6 is 22.9 Å². The van der Waals surface area contributed by atoms with Gasteiger partial charge in [-0.1, -0.05) is 17.5 Å². The van der Waals surface area contributed by atoms with Crippen molar-refractivity contribution in [3.05, 3.63) is 38.7 Å². The molecule has 0 atom stereocenters. The molecule has 1 heterocycles. The number of benzene rings is 1. The average Bonchev–Trinajstić information content (AvgIpc) is 3.03. The first-order valence-corrected chi connectivity index (χ1v) is 9.98. The van der Waals surface area contributed by atoms with Gasteiger partial charge in [-0.3, -0.25) is 0 Å². The van der Waals surface area contributed by atoms with E-state index < -0.39 is 0 Å². The molecular formula is C21H19ClN2O2S. The van der Waals surface area contributed by atoms with Crippen molar-refractivity contribution in [1.82, 2.24) is 0 Å². The maximum absolute atomic E-state index is 9.55. The van der Waals surface area contributed by atoms with E-state index in [1.807, 2.05) is 13.0 Å². The Morgan fingerprint density at radius 1 is 1.33 bits per heavy atom. The number of ether oxygens (including phenoxy) is 2. The molecule has 0 fully saturated rings. The fourth-order valence-electron chi connectivity index (χ4n) is 3.07. The molecule has 27 heavy (non-hydrogen) atoms. The van der Waals surface area contributed by atoms with Crippen molar-refractivity contribution in [3.63, 3.8) is 0 Å². The Morgan fingerprint density at radius 3 is 2.89 bits per heavy atom. The molecule has 0 saturated carbocycles. The molecule has 4 nitrogen and oxygen atoms in total. The lowest BCUT2D eigenvalue weighted by Crippen LogP contribution is -2.01. The molecule has 0 spiro atoms. The number of aryl methyl sites for hydroxylation is 1. The number of hydrogen-bond acceptors (Lipinski definition) is 5. The lowest BCUT2D eigenvalue weighted by molar-refractivity contribution is 0.299. The Bertz CT molecular complexity index is 951. The summed E-state index contributed by atoms with van der Waals surface area (Å²) in [6.07, 6.45) is 11.3. The summed E-state index contributed by atoms with van der Waals surface area (Å²) in [7, 11) is 0. The SMILES string of the molecule is C#CCOc1c(Cl)cc(C=Nc2sc3c(c2C#N)CCCC3)cc1OCC. The predicted molar refractivity (Wildman–Crippen MR) is 110 cm³/mol. The number of hydrogen-bond donors (Lipinski definition) is 0. The largest absolute Gasteiger partial charge is 0.490 e. The van der Waals surface area contributed by atoms with Crippen LogP contribution in [0.25, 0.3) is 0 Å². The highest BCUT2D eigenvalue weighted by molar-refractivity contribution is 7.16. The number of nitriles is 1. The number of rotatable bonds is 6. The van der Waals surface area contributed by atoms with Crippen LogP contribution in [0.4, 0.5) is 5.00 Å². The second-order valence-electron chi connectivity index (χ2n) is 6.02. The zero-order valence-electron chi connectivity index (χ0n) is 15.0. The number of halogens is 1. The maximum Gasteiger partial charge on any atom is 0.181 e. The molecule has 0 aliphatic heterocycles. The molecule has 0 saturated heterocycles. The Hall–Kier alpha value is -2.47. The summed E-state index contributed by atoms with van der Waals surface area (Å²) < 4.78 is 11.1. The summed E-state index contributed by atoms with van der Waals surface area (Å²) in [4.78, 5) is 5.86. The molecular weight excluding hydrogens is 380 g/mol. The minimum atomic E-state index is 0.111. The number of thiophene rings is 1. The van der Waals surface area contributed by atoms with Gasteiger partial charge >= 0.3 is 0 Å². The Kier molecular flexibility index (Phi) is 6.40. The lowest BCUT2D eigenvalue weighted by Gasteiger charge is -2.12. The maximum atomic E-state index is 9.55. The van der Waals surface area contributed by atoms with Crippen LogP contribution in [0.5, 0.6) is 11.5 Å². The van der Waals surface area contributed by atoms with Crippen LogP contribution < -0.4 is 9.47 Å². The fourth-order valence-corrected chi connectivity index (χ4v) is 4.53. The first-order valence-electron chi connectivity index (χ1n) is 8.79. The van der Waals surface area contributed by atoms with E-state index in [0.717, 1.165) is 29.8 Å². The molecule has 1 aromatic carbocycles. The first-order chi connectivity index (χ1) is 13.2. The van der Waals surface area contributed by atoms with Crippen molar-refractivity contribution in [2.24, 2.45) is 4.99 Å². The van der Waals surface area contributed by atoms with Crippen LogP contribution in [0.3, 0.4) is 0 Å². The van der Waals surface area contributed by atoms with Crippen molar-refractivity contribution in [2.45, 2.75) is 32.6 Å². The zero-order valence-corrected chi connectivity index (χ0v) is 16.6. The lowest BCUT2D eigenvalue weighted by atomic mass is 9.96. The fraction of sp³-hybridized carbons (Fsp3) is 0.333. The average molecular weight is 399 g/mol. The Balaban J connectivity index is 1.93. The van der Waals surface area contributed by atoms with Gasteiger partial charge in [0.05, 0.1) is 17.2 Å². The van der Waals surface area contributed by atoms with E-state index >= 15 is 0 Å². The third kappa shape index (κ3) is 4.27. The Labute approximate surface area is 168 Å². The van der Waals surface area contributed by atoms with Gasteiger partial charge in [0.25, 0.3) is 0 Å². The predicted octanol–water partition coefficient (Wildman–Crippen LogP) is 5.31. The molecule has 6 heteroatoms. The van der Waals surface area contributed by atoms with E-state index in [2.05, 4.69) is 17.0 Å². The van der Waals surface area contributed by atoms with Gasteiger partial charge < -0.3 is 9.47 Å². The van der Waals surface area contributed by atoms with Gasteiger partial charge in [-0.15, -0.1) is 17.8 Å². The molecule has 1 aromatic heterocycles. The van der Waals surface area contributed by atoms with Crippen LogP contribution in [0.15, 0.2) is 17.1 Å². The molecule has 3 rings (SSSR count). The standard InChI is InChI=1S/C21H19ClN2O2S/c1-3-9-26-20-17(22)10-14(11-18(20)25-4-2)13-24-21-16(12-23)15-7-5-6-8-19(15)27-21/h1,10-11,13H,4-9H2,2H3. The van der Waals surface area contributed by atoms with Crippen LogP contribution in [0.2, 0.25) is 5.02 Å². The van der Waals surface area contributed by atoms with Crippen molar-refractivity contribution in [1.29, 1.82) is 5.26 Å². The van der Waals surface area contributed by atoms with Gasteiger partial charge in [-0.25, -0.2) is 4.99 Å². The second-order valence-corrected chi connectivity index (χ2v) is 7.51. The van der Waals surface area contributed by atoms with Crippen molar-refractivity contribution < 1.29 is 9.47 Å². The zero-order chi connectivity index (χ0) is 19.2. The smallest absolute Gasteiger partial charge is 0.181 e. The first kappa shape index (κ1) is 19.3. The molecule has 0 N–H and O–H groups in total. The van der Waals surface area contributed by atoms with Gasteiger partial charge in [0.2, 0.25) is 0 Å². The van der Waals surface area contributed by atoms with E-state index in [4.69, 9.17) is 27.5 Å². The van der Waals surface area contributed by atoms with Gasteiger partial charge in [0, 0.05) is 11.1 Å². The van der Waals surface area contributed by atoms with Crippen molar-refractivity contribution >= 4 is 34.2 Å². The van der Waals surface area contributed by atoms with E-state index in [0.29, 0.717) is 28.7 Å². The highest BCUT2D eigenvalue weighted by atomic mass is 35.5. The molecule has 1 aliphatic rings. The number of aliphatic imine (C=N–C) groups is 1. The van der Waals surface area contributed by atoms with E-state index in [9.17, 15) is 5.26 Å². The highest BCUT2D eigenvalue weighted by Crippen LogP contribution is 2.40. The molecule has 0 amide bonds. The van der Waals surface area contributed by atoms with Crippen molar-refractivity contribution in [3.8, 4) is 29.9 Å². The summed E-state index contributed by atoms with van der Waals surface area (Å²) in [6, 6.07) is 5.88. The van der Waals surface area contributed by atoms with Gasteiger partial charge in [0.15, 0.2) is 11.5 Å². The van der Waals surface area contributed by atoms with Gasteiger partial charge in [0.1, 0.15) is 17.7 Å². The quantitative estimate of drug-likeness (QED) is 0.489. The Morgan fingerprint density at radius 2 is 2.15 bits per heavy atom. The second kappa shape index (κ2) is 8.95. The monoisotopic (exact) mass is 398 g/mol. The molecule has 1 aliphatic carbocycles. The highest BCUT2D eigenvalue weighted by Gasteiger charge is 2.20. The number of terminal acetylenes is 1. The summed E-state index contributed by atoms with van der Waals surface area (Å²) >= 11 is 7.95. The number of fused-ring (bicyclic) bond motifs is 1. The minimum absolute atomic E-state index is 0.111. The molecule has 138 valence electrons. The summed E-state index contributed by atoms with van der Waals surface area (Å²) in [6.45, 7) is 2.47. The summed E-state index contributed by atoms with van der Waals surface area (Å²) in [5, 5.41) is 10.7. The van der Waals surface area contributed by atoms with Gasteiger partial charge in [-0.2, -0.15) is 5.26 Å². The van der Waals surface area contributed by atoms with Gasteiger partial charge in [-0.05, 0) is 55.9 Å². The summed E-state index contributed by atoms with van der Waals surface area (Å²) in [5.74, 6) is 3.37. The van der Waals surface area contributed by atoms with Crippen LogP contribution in [0.1, 0.15) is 41.3 Å². The van der Waals surface area contributed by atoms with E-state index in [-0.39, 0.29) is 6.61 Å². The molecule has 0 unspecified atom stereocenters. The third-order valence-electron chi connectivity index (χ3n) is 4.23. The normalized spacial score (nSPS) is 13.0. The minimum Gasteiger partial charge on any atom is -0.490 e. The van der Waals surface area contributed by atoms with E-state index in [1.54, 1.807) is 23.6 Å². The number of nitrogens with zero attached hydrogens (tertiary/aromatic N) is 2. The third-order valence-corrected chi connectivity index (χ3v) is 5.71. The molecule has 2 aromatic rings. The van der Waals surface area contributed by atoms with E-state index in [1.165, 1.54) is 16.9 Å². The van der Waals surface area contributed by atoms with Crippen molar-refractivity contribution in [2.75, 3.05) is 13.2 Å².